The summed E-state index contributed by atoms with van der Waals surface area (Å²) in [6.45, 7) is 4.58. The number of ether oxygens (including phenoxy) is 2. The van der Waals surface area contributed by atoms with Gasteiger partial charge in [-0.2, -0.15) is 5.10 Å². The lowest BCUT2D eigenvalue weighted by molar-refractivity contribution is 0.0525. The van der Waals surface area contributed by atoms with Crippen LogP contribution < -0.4 is 9.64 Å². The lowest BCUT2D eigenvalue weighted by atomic mass is 10.0. The van der Waals surface area contributed by atoms with Crippen molar-refractivity contribution in [3.63, 3.8) is 0 Å². The number of hydrogen-bond donors (Lipinski definition) is 0. The van der Waals surface area contributed by atoms with Crippen LogP contribution in [0.5, 0.6) is 5.75 Å². The minimum Gasteiger partial charge on any atom is -0.497 e. The molecule has 1 aromatic heterocycles. The normalized spacial score (nSPS) is 12.9. The van der Waals surface area contributed by atoms with Gasteiger partial charge in [0, 0.05) is 17.8 Å². The molecule has 1 aliphatic heterocycles. The third-order valence-electron chi connectivity index (χ3n) is 5.51. The van der Waals surface area contributed by atoms with E-state index in [-0.39, 0.29) is 5.91 Å². The molecule has 0 aliphatic carbocycles. The van der Waals surface area contributed by atoms with Crippen molar-refractivity contribution in [2.24, 2.45) is 0 Å². The minimum atomic E-state index is -0.390. The van der Waals surface area contributed by atoms with Gasteiger partial charge in [-0.05, 0) is 74.7 Å². The van der Waals surface area contributed by atoms with Gasteiger partial charge in [-0.1, -0.05) is 0 Å². The van der Waals surface area contributed by atoms with E-state index in [9.17, 15) is 9.59 Å². The summed E-state index contributed by atoms with van der Waals surface area (Å²) in [5.74, 6) is 0.370. The molecule has 0 radical (unpaired) electrons. The van der Waals surface area contributed by atoms with Crippen LogP contribution in [0.25, 0.3) is 5.69 Å². The first-order valence-corrected chi connectivity index (χ1v) is 10.3. The van der Waals surface area contributed by atoms with Crippen LogP contribution in [0.4, 0.5) is 5.69 Å². The molecule has 31 heavy (non-hydrogen) atoms. The Hall–Kier alpha value is -3.61. The summed E-state index contributed by atoms with van der Waals surface area (Å²) in [6, 6.07) is 13.1. The summed E-state index contributed by atoms with van der Waals surface area (Å²) in [4.78, 5) is 27.1. The fourth-order valence-electron chi connectivity index (χ4n) is 3.89. The number of esters is 1. The predicted molar refractivity (Wildman–Crippen MR) is 117 cm³/mol. The zero-order valence-electron chi connectivity index (χ0n) is 17.9. The molecule has 0 spiro atoms. The average Bonchev–Trinajstić information content (AvgIpc) is 3.19. The highest BCUT2D eigenvalue weighted by Crippen LogP contribution is 2.31. The standard InChI is InChI=1S/C24H25N3O4/c1-4-31-24(29)21-15-25-27(16(21)2)19-9-7-17(8-10-19)23(28)26-13-5-6-18-14-20(30-3)11-12-22(18)26/h7-12,14-15H,4-6,13H2,1-3H3. The molecule has 0 unspecified atom stereocenters. The van der Waals surface area contributed by atoms with Crippen LogP contribution in [0.15, 0.2) is 48.7 Å². The van der Waals surface area contributed by atoms with Crippen molar-refractivity contribution < 1.29 is 19.1 Å². The van der Waals surface area contributed by atoms with Crippen molar-refractivity contribution in [3.8, 4) is 11.4 Å². The Balaban J connectivity index is 1.57. The topological polar surface area (TPSA) is 73.7 Å². The van der Waals surface area contributed by atoms with E-state index in [4.69, 9.17) is 9.47 Å². The molecule has 7 nitrogen and oxygen atoms in total. The highest BCUT2D eigenvalue weighted by atomic mass is 16.5. The third kappa shape index (κ3) is 3.91. The summed E-state index contributed by atoms with van der Waals surface area (Å²) in [5, 5.41) is 4.31. The molecule has 7 heteroatoms. The highest BCUT2D eigenvalue weighted by Gasteiger charge is 2.24. The molecule has 2 aromatic carbocycles. The van der Waals surface area contributed by atoms with Crippen LogP contribution in [0.1, 0.15) is 45.3 Å². The van der Waals surface area contributed by atoms with Gasteiger partial charge in [-0.25, -0.2) is 9.48 Å². The first-order valence-electron chi connectivity index (χ1n) is 10.3. The molecular weight excluding hydrogens is 394 g/mol. The number of fused-ring (bicyclic) bond motifs is 1. The van der Waals surface area contributed by atoms with Gasteiger partial charge in [0.15, 0.2) is 0 Å². The maximum absolute atomic E-state index is 13.2. The number of nitrogens with zero attached hydrogens (tertiary/aromatic N) is 3. The van der Waals surface area contributed by atoms with Crippen LogP contribution in [0, 0.1) is 6.92 Å². The highest BCUT2D eigenvalue weighted by molar-refractivity contribution is 6.06. The Morgan fingerprint density at radius 3 is 2.61 bits per heavy atom. The number of anilines is 1. The number of amides is 1. The van der Waals surface area contributed by atoms with E-state index >= 15 is 0 Å². The zero-order valence-corrected chi connectivity index (χ0v) is 17.9. The minimum absolute atomic E-state index is 0.0398. The maximum atomic E-state index is 13.2. The van der Waals surface area contributed by atoms with Crippen LogP contribution >= 0.6 is 0 Å². The number of carbonyl (C=O) groups excluding carboxylic acids is 2. The Kier molecular flexibility index (Phi) is 5.75. The molecule has 0 fully saturated rings. The maximum Gasteiger partial charge on any atom is 0.341 e. The van der Waals surface area contributed by atoms with Gasteiger partial charge < -0.3 is 14.4 Å². The fraction of sp³-hybridized carbons (Fsp3) is 0.292. The Labute approximate surface area is 181 Å². The molecule has 0 saturated heterocycles. The number of rotatable bonds is 5. The first kappa shape index (κ1) is 20.7. The number of aryl methyl sites for hydroxylation is 1. The second-order valence-corrected chi connectivity index (χ2v) is 7.38. The molecule has 0 N–H and O–H groups in total. The van der Waals surface area contributed by atoms with E-state index in [1.54, 1.807) is 30.8 Å². The monoisotopic (exact) mass is 419 g/mol. The molecule has 1 aliphatic rings. The van der Waals surface area contributed by atoms with Gasteiger partial charge in [-0.3, -0.25) is 4.79 Å². The van der Waals surface area contributed by atoms with Crippen LogP contribution in [0.3, 0.4) is 0 Å². The molecule has 0 bridgehead atoms. The van der Waals surface area contributed by atoms with Gasteiger partial charge >= 0.3 is 5.97 Å². The largest absolute Gasteiger partial charge is 0.497 e. The fourth-order valence-corrected chi connectivity index (χ4v) is 3.89. The first-order chi connectivity index (χ1) is 15.0. The lowest BCUT2D eigenvalue weighted by Crippen LogP contribution is -2.35. The van der Waals surface area contributed by atoms with Crippen molar-refractivity contribution >= 4 is 17.6 Å². The van der Waals surface area contributed by atoms with E-state index in [0.717, 1.165) is 35.5 Å². The second-order valence-electron chi connectivity index (χ2n) is 7.38. The number of carbonyl (C=O) groups is 2. The number of benzene rings is 2. The summed E-state index contributed by atoms with van der Waals surface area (Å²) in [5.41, 5.74) is 4.55. The quantitative estimate of drug-likeness (QED) is 0.586. The molecule has 160 valence electrons. The smallest absolute Gasteiger partial charge is 0.341 e. The summed E-state index contributed by atoms with van der Waals surface area (Å²) >= 11 is 0. The average molecular weight is 419 g/mol. The van der Waals surface area contributed by atoms with E-state index in [1.807, 2.05) is 42.2 Å². The summed E-state index contributed by atoms with van der Waals surface area (Å²) in [7, 11) is 1.64. The van der Waals surface area contributed by atoms with E-state index in [0.29, 0.717) is 30.0 Å². The Bertz CT molecular complexity index is 1120. The van der Waals surface area contributed by atoms with Crippen LogP contribution in [0.2, 0.25) is 0 Å². The summed E-state index contributed by atoms with van der Waals surface area (Å²) in [6.07, 6.45) is 3.34. The van der Waals surface area contributed by atoms with Crippen molar-refractivity contribution in [2.75, 3.05) is 25.2 Å². The van der Waals surface area contributed by atoms with Crippen LogP contribution in [-0.2, 0) is 11.2 Å². The molecule has 2 heterocycles. The SMILES string of the molecule is CCOC(=O)c1cnn(-c2ccc(C(=O)N3CCCc4cc(OC)ccc43)cc2)c1C. The van der Waals surface area contributed by atoms with Crippen molar-refractivity contribution in [2.45, 2.75) is 26.7 Å². The van der Waals surface area contributed by atoms with Gasteiger partial charge in [0.05, 0.1) is 31.3 Å². The molecule has 4 rings (SSSR count). The Morgan fingerprint density at radius 2 is 1.90 bits per heavy atom. The second kappa shape index (κ2) is 8.63. The van der Waals surface area contributed by atoms with Gasteiger partial charge in [0.1, 0.15) is 11.3 Å². The predicted octanol–water partition coefficient (Wildman–Crippen LogP) is 3.96. The molecule has 0 atom stereocenters. The summed E-state index contributed by atoms with van der Waals surface area (Å²) < 4.78 is 12.1. The molecule has 0 saturated carbocycles. The van der Waals surface area contributed by atoms with E-state index < -0.39 is 5.97 Å². The molecular formula is C24H25N3O4. The molecule has 3 aromatic rings. The van der Waals surface area contributed by atoms with Crippen molar-refractivity contribution in [3.05, 3.63) is 71.0 Å². The lowest BCUT2D eigenvalue weighted by Gasteiger charge is -2.30. The number of hydrogen-bond acceptors (Lipinski definition) is 5. The van der Waals surface area contributed by atoms with Gasteiger partial charge in [0.2, 0.25) is 0 Å². The number of methoxy groups -OCH3 is 1. The van der Waals surface area contributed by atoms with Crippen molar-refractivity contribution in [1.82, 2.24) is 9.78 Å². The van der Waals surface area contributed by atoms with E-state index in [2.05, 4.69) is 5.10 Å². The zero-order chi connectivity index (χ0) is 22.0. The number of aromatic nitrogens is 2. The Morgan fingerprint density at radius 1 is 1.13 bits per heavy atom. The van der Waals surface area contributed by atoms with Crippen molar-refractivity contribution in [1.29, 1.82) is 0 Å². The molecule has 1 amide bonds. The third-order valence-corrected chi connectivity index (χ3v) is 5.51. The van der Waals surface area contributed by atoms with Gasteiger partial charge in [0.25, 0.3) is 5.91 Å². The van der Waals surface area contributed by atoms with E-state index in [1.165, 1.54) is 6.20 Å². The van der Waals surface area contributed by atoms with Crippen LogP contribution in [-0.4, -0.2) is 41.9 Å². The van der Waals surface area contributed by atoms with Gasteiger partial charge in [-0.15, -0.1) is 0 Å².